The molecule has 1 unspecified atom stereocenters. The maximum Gasteiger partial charge on any atom is 0.353 e. The summed E-state index contributed by atoms with van der Waals surface area (Å²) in [7, 11) is 0. The summed E-state index contributed by atoms with van der Waals surface area (Å²) in [5, 5.41) is 22.6. The molecular weight excluding hydrogens is 440 g/mol. The zero-order valence-corrected chi connectivity index (χ0v) is 17.7. The van der Waals surface area contributed by atoms with Crippen LogP contribution in [0.25, 0.3) is 0 Å². The molecule has 2 atom stereocenters. The maximum atomic E-state index is 12.6. The second-order valence-electron chi connectivity index (χ2n) is 5.98. The van der Waals surface area contributed by atoms with Crippen LogP contribution in [0.5, 0.6) is 0 Å². The molecule has 0 bridgehead atoms. The molecule has 2 aromatic heterocycles. The molecule has 146 valence electrons. The van der Waals surface area contributed by atoms with Crippen LogP contribution in [0.2, 0.25) is 0 Å². The number of thioether (sulfide) groups is 2. The fourth-order valence-corrected chi connectivity index (χ4v) is 7.05. The Kier molecular flexibility index (Phi) is 5.45. The summed E-state index contributed by atoms with van der Waals surface area (Å²) in [4.78, 5) is 39.4. The number of nitrogens with zero attached hydrogens (tertiary/aromatic N) is 3. The van der Waals surface area contributed by atoms with Crippen LogP contribution in [0.4, 0.5) is 0 Å². The van der Waals surface area contributed by atoms with Gasteiger partial charge in [-0.3, -0.25) is 14.5 Å². The Hall–Kier alpha value is -1.89. The first-order valence-corrected chi connectivity index (χ1v) is 11.7. The number of aryl methyl sites for hydroxylation is 1. The van der Waals surface area contributed by atoms with Crippen molar-refractivity contribution in [3.05, 3.63) is 38.0 Å². The molecule has 1 saturated heterocycles. The van der Waals surface area contributed by atoms with Crippen molar-refractivity contribution >= 4 is 64.0 Å². The van der Waals surface area contributed by atoms with Crippen LogP contribution in [0.1, 0.15) is 9.88 Å². The monoisotopic (exact) mass is 454 g/mol. The van der Waals surface area contributed by atoms with Gasteiger partial charge < -0.3 is 10.4 Å². The topological polar surface area (TPSA) is 112 Å². The highest BCUT2D eigenvalue weighted by Gasteiger charge is 2.54. The predicted molar refractivity (Wildman–Crippen MR) is 108 cm³/mol. The van der Waals surface area contributed by atoms with E-state index in [4.69, 9.17) is 0 Å². The highest BCUT2D eigenvalue weighted by Crippen LogP contribution is 2.45. The summed E-state index contributed by atoms with van der Waals surface area (Å²) >= 11 is 5.51. The number of amides is 2. The molecule has 2 amide bonds. The van der Waals surface area contributed by atoms with Gasteiger partial charge in [-0.2, -0.15) is 0 Å². The second kappa shape index (κ2) is 7.85. The molecule has 2 aliphatic heterocycles. The van der Waals surface area contributed by atoms with E-state index < -0.39 is 23.3 Å². The summed E-state index contributed by atoms with van der Waals surface area (Å²) in [5.41, 5.74) is -0.0321. The highest BCUT2D eigenvalue weighted by molar-refractivity contribution is 8.07. The second-order valence-corrected chi connectivity index (χ2v) is 10.6. The molecular formula is C16H14N4O4S4. The van der Waals surface area contributed by atoms with Gasteiger partial charge in [0.15, 0.2) is 4.34 Å². The molecule has 2 aliphatic rings. The van der Waals surface area contributed by atoms with E-state index in [1.165, 1.54) is 51.1 Å². The number of β-lactam (4-membered cyclic amide) rings is 1. The van der Waals surface area contributed by atoms with Crippen molar-refractivity contribution < 1.29 is 19.5 Å². The average Bonchev–Trinajstić information content (AvgIpc) is 3.30. The molecule has 8 nitrogen and oxygen atoms in total. The Morgan fingerprint density at radius 2 is 2.25 bits per heavy atom. The van der Waals surface area contributed by atoms with Gasteiger partial charge in [-0.1, -0.05) is 29.2 Å². The average molecular weight is 455 g/mol. The van der Waals surface area contributed by atoms with E-state index in [-0.39, 0.29) is 18.0 Å². The Morgan fingerprint density at radius 1 is 1.43 bits per heavy atom. The Morgan fingerprint density at radius 3 is 2.89 bits per heavy atom. The van der Waals surface area contributed by atoms with Gasteiger partial charge in [0.25, 0.3) is 5.91 Å². The van der Waals surface area contributed by atoms with E-state index >= 15 is 0 Å². The molecule has 2 aromatic rings. The van der Waals surface area contributed by atoms with E-state index in [1.807, 2.05) is 24.4 Å². The number of carbonyl (C=O) groups is 3. The van der Waals surface area contributed by atoms with Crippen molar-refractivity contribution in [2.75, 3.05) is 5.75 Å². The van der Waals surface area contributed by atoms with Crippen LogP contribution in [0.3, 0.4) is 0 Å². The van der Waals surface area contributed by atoms with Crippen molar-refractivity contribution in [2.24, 2.45) is 0 Å². The minimum Gasteiger partial charge on any atom is -0.477 e. The van der Waals surface area contributed by atoms with Gasteiger partial charge in [0.05, 0.1) is 6.42 Å². The van der Waals surface area contributed by atoms with E-state index in [9.17, 15) is 19.5 Å². The predicted octanol–water partition coefficient (Wildman–Crippen LogP) is 1.94. The number of carboxylic acid groups (broad SMARTS) is 1. The van der Waals surface area contributed by atoms with Gasteiger partial charge in [-0.05, 0) is 18.4 Å². The van der Waals surface area contributed by atoms with Gasteiger partial charge >= 0.3 is 5.97 Å². The van der Waals surface area contributed by atoms with Crippen molar-refractivity contribution in [1.82, 2.24) is 20.4 Å². The lowest BCUT2D eigenvalue weighted by Gasteiger charge is -2.49. The molecule has 0 aliphatic carbocycles. The number of thiophene rings is 1. The molecule has 1 fully saturated rings. The number of hydrogen-bond acceptors (Lipinski definition) is 9. The molecule has 2 N–H and O–H groups in total. The Labute approximate surface area is 176 Å². The van der Waals surface area contributed by atoms with Crippen molar-refractivity contribution in [2.45, 2.75) is 29.1 Å². The van der Waals surface area contributed by atoms with E-state index in [2.05, 4.69) is 15.5 Å². The van der Waals surface area contributed by atoms with Crippen LogP contribution < -0.4 is 5.32 Å². The summed E-state index contributed by atoms with van der Waals surface area (Å²) in [6.07, 6.45) is 0.206. The summed E-state index contributed by atoms with van der Waals surface area (Å²) in [6.45, 7) is 1.82. The van der Waals surface area contributed by atoms with E-state index in [1.54, 1.807) is 0 Å². The molecule has 0 saturated carbocycles. The first-order valence-electron chi connectivity index (χ1n) is 8.15. The Balaban J connectivity index is 1.49. The highest BCUT2D eigenvalue weighted by atomic mass is 32.2. The lowest BCUT2D eigenvalue weighted by atomic mass is 10.0. The molecule has 28 heavy (non-hydrogen) atoms. The van der Waals surface area contributed by atoms with E-state index in [0.717, 1.165) is 9.88 Å². The smallest absolute Gasteiger partial charge is 0.353 e. The number of carbonyl (C=O) groups excluding carboxylic acids is 2. The number of aromatic nitrogens is 2. The number of nitrogens with one attached hydrogen (secondary N) is 1. The number of aliphatic carboxylic acids is 1. The SMILES string of the molecule is Cc1nnc(SC2=C(C(=O)O)N3C(=O)C(NC(=O)Cc4cccs4)[C@H]3SC2)s1. The Bertz CT molecular complexity index is 971. The van der Waals surface area contributed by atoms with Crippen LogP contribution in [-0.4, -0.2) is 55.2 Å². The first kappa shape index (κ1) is 19.4. The van der Waals surface area contributed by atoms with Crippen LogP contribution in [0.15, 0.2) is 32.5 Å². The molecule has 0 aromatic carbocycles. The lowest BCUT2D eigenvalue weighted by molar-refractivity contribution is -0.150. The minimum absolute atomic E-state index is 0.0321. The standard InChI is InChI=1S/C16H14N4O4S4/c1-7-18-19-16(27-7)28-9-6-26-14-11(13(22)20(14)12(9)15(23)24)17-10(21)5-8-3-2-4-25-8/h2-4,11,14H,5-6H2,1H3,(H,17,21)(H,23,24)/t11?,14-/m1/s1. The van der Waals surface area contributed by atoms with Gasteiger partial charge in [0, 0.05) is 15.5 Å². The van der Waals surface area contributed by atoms with Gasteiger partial charge in [-0.25, -0.2) is 4.79 Å². The molecule has 0 radical (unpaired) electrons. The number of fused-ring (bicyclic) bond motifs is 1. The molecule has 4 rings (SSSR count). The molecule has 4 heterocycles. The quantitative estimate of drug-likeness (QED) is 0.637. The van der Waals surface area contributed by atoms with Crippen molar-refractivity contribution in [3.8, 4) is 0 Å². The third kappa shape index (κ3) is 3.69. The fourth-order valence-electron chi connectivity index (χ4n) is 2.89. The van der Waals surface area contributed by atoms with E-state index in [0.29, 0.717) is 15.0 Å². The summed E-state index contributed by atoms with van der Waals surface area (Å²) in [6, 6.07) is 3.02. The zero-order chi connectivity index (χ0) is 19.8. The normalized spacial score (nSPS) is 21.3. The van der Waals surface area contributed by atoms with Crippen LogP contribution in [-0.2, 0) is 20.8 Å². The van der Waals surface area contributed by atoms with Crippen molar-refractivity contribution in [1.29, 1.82) is 0 Å². The largest absolute Gasteiger partial charge is 0.477 e. The number of rotatable bonds is 6. The minimum atomic E-state index is -1.16. The number of carboxylic acids is 1. The maximum absolute atomic E-state index is 12.6. The van der Waals surface area contributed by atoms with Gasteiger partial charge in [-0.15, -0.1) is 33.3 Å². The van der Waals surface area contributed by atoms with Crippen LogP contribution >= 0.6 is 46.2 Å². The molecule has 0 spiro atoms. The van der Waals surface area contributed by atoms with Gasteiger partial charge in [0.1, 0.15) is 22.1 Å². The van der Waals surface area contributed by atoms with Gasteiger partial charge in [0.2, 0.25) is 5.91 Å². The third-order valence-corrected chi connectivity index (χ3v) is 8.40. The lowest BCUT2D eigenvalue weighted by Crippen LogP contribution is -2.70. The summed E-state index contributed by atoms with van der Waals surface area (Å²) < 4.78 is 0.638. The first-order chi connectivity index (χ1) is 13.4. The third-order valence-electron chi connectivity index (χ3n) is 4.09. The number of hydrogen-bond donors (Lipinski definition) is 2. The molecule has 12 heteroatoms. The zero-order valence-electron chi connectivity index (χ0n) is 14.4. The summed E-state index contributed by atoms with van der Waals surface area (Å²) in [5.74, 6) is -1.38. The van der Waals surface area contributed by atoms with Crippen molar-refractivity contribution in [3.63, 3.8) is 0 Å². The fraction of sp³-hybridized carbons (Fsp3) is 0.312. The van der Waals surface area contributed by atoms with Crippen LogP contribution in [0, 0.1) is 6.92 Å².